The first-order valence-corrected chi connectivity index (χ1v) is 7.35. The van der Waals surface area contributed by atoms with Gasteiger partial charge in [0.1, 0.15) is 17.1 Å². The Morgan fingerprint density at radius 2 is 1.64 bits per heavy atom. The fourth-order valence-electron chi connectivity index (χ4n) is 2.23. The minimum absolute atomic E-state index is 0. The van der Waals surface area contributed by atoms with E-state index < -0.39 is 11.4 Å². The van der Waals surface area contributed by atoms with E-state index >= 15 is 0 Å². The monoisotopic (exact) mass is 338 g/mol. The van der Waals surface area contributed by atoms with Gasteiger partial charge in [0, 0.05) is 11.1 Å². The van der Waals surface area contributed by atoms with Gasteiger partial charge in [0.15, 0.2) is 0 Å². The van der Waals surface area contributed by atoms with E-state index in [-0.39, 0.29) is 52.8 Å². The molecule has 0 heterocycles. The zero-order valence-electron chi connectivity index (χ0n) is 13.0. The summed E-state index contributed by atoms with van der Waals surface area (Å²) in [6.07, 6.45) is 0. The molecule has 3 aromatic carbocycles. The van der Waals surface area contributed by atoms with Crippen molar-refractivity contribution in [1.29, 1.82) is 0 Å². The van der Waals surface area contributed by atoms with Crippen molar-refractivity contribution in [2.45, 2.75) is 0 Å². The minimum Gasteiger partial charge on any atom is -1.00 e. The molecule has 1 atom stereocenters. The van der Waals surface area contributed by atoms with E-state index in [1.165, 1.54) is 0 Å². The average molecular weight is 338 g/mol. The smallest absolute Gasteiger partial charge is 1.00 e. The zero-order valence-corrected chi connectivity index (χ0v) is 15.9. The van der Waals surface area contributed by atoms with Crippen LogP contribution in [0, 0.1) is 0 Å². The van der Waals surface area contributed by atoms with Crippen molar-refractivity contribution in [3.8, 4) is 5.75 Å². The normalized spacial score (nSPS) is 11.5. The number of rotatable bonds is 4. The fourth-order valence-corrected chi connectivity index (χ4v) is 2.52. The van der Waals surface area contributed by atoms with Gasteiger partial charge in [-0.2, -0.15) is 0 Å². The van der Waals surface area contributed by atoms with Crippen molar-refractivity contribution >= 4 is 33.5 Å². The van der Waals surface area contributed by atoms with E-state index in [4.69, 9.17) is 4.18 Å². The van der Waals surface area contributed by atoms with Crippen LogP contribution >= 0.6 is 0 Å². The SMILES string of the molecule is O=S([O-])Oc1cccc2cccc(Nc3ccccc3)c12.[H-].[K+]. The van der Waals surface area contributed by atoms with Gasteiger partial charge in [-0.05, 0) is 29.7 Å². The van der Waals surface area contributed by atoms with Gasteiger partial charge in [-0.15, -0.1) is 0 Å². The molecule has 0 aliphatic heterocycles. The van der Waals surface area contributed by atoms with Crippen LogP contribution in [0.2, 0.25) is 0 Å². The summed E-state index contributed by atoms with van der Waals surface area (Å²) in [5, 5.41) is 4.91. The van der Waals surface area contributed by atoms with E-state index in [1.54, 1.807) is 12.1 Å². The maximum atomic E-state index is 10.8. The van der Waals surface area contributed by atoms with Gasteiger partial charge in [-0.3, -0.25) is 0 Å². The Bertz CT molecular complexity index is 796. The van der Waals surface area contributed by atoms with Gasteiger partial charge in [0.2, 0.25) is 0 Å². The second-order valence-electron chi connectivity index (χ2n) is 4.44. The van der Waals surface area contributed by atoms with Gasteiger partial charge in [-0.25, -0.2) is 4.21 Å². The summed E-state index contributed by atoms with van der Waals surface area (Å²) in [6, 6.07) is 20.7. The number of hydrogen-bond acceptors (Lipinski definition) is 4. The predicted molar refractivity (Wildman–Crippen MR) is 84.3 cm³/mol. The molecule has 6 heteroatoms. The van der Waals surface area contributed by atoms with Crippen LogP contribution in [0.3, 0.4) is 0 Å². The molecule has 0 aromatic heterocycles. The second-order valence-corrected chi connectivity index (χ2v) is 5.01. The van der Waals surface area contributed by atoms with Gasteiger partial charge >= 0.3 is 51.4 Å². The van der Waals surface area contributed by atoms with Crippen molar-refractivity contribution in [2.75, 3.05) is 5.32 Å². The number of nitrogens with one attached hydrogen (secondary N) is 1. The zero-order chi connectivity index (χ0) is 14.7. The Labute approximate surface area is 175 Å². The maximum Gasteiger partial charge on any atom is 1.00 e. The molecule has 3 aromatic rings. The summed E-state index contributed by atoms with van der Waals surface area (Å²) in [5.74, 6) is 0.305. The van der Waals surface area contributed by atoms with Gasteiger partial charge in [0.05, 0.1) is 5.69 Å². The molecule has 0 aliphatic rings. The number of hydrogen-bond donors (Lipinski definition) is 1. The van der Waals surface area contributed by atoms with Crippen molar-refractivity contribution in [3.63, 3.8) is 0 Å². The fraction of sp³-hybridized carbons (Fsp3) is 0. The third kappa shape index (κ3) is 4.17. The van der Waals surface area contributed by atoms with E-state index in [1.807, 2.05) is 54.6 Å². The molecule has 3 rings (SSSR count). The molecule has 0 spiro atoms. The molecule has 0 saturated heterocycles. The van der Waals surface area contributed by atoms with Gasteiger partial charge < -0.3 is 15.5 Å². The maximum absolute atomic E-state index is 10.8. The van der Waals surface area contributed by atoms with E-state index in [9.17, 15) is 8.76 Å². The summed E-state index contributed by atoms with van der Waals surface area (Å²) >= 11 is -2.61. The van der Waals surface area contributed by atoms with Crippen molar-refractivity contribution in [1.82, 2.24) is 0 Å². The molecule has 108 valence electrons. The number of anilines is 2. The first-order chi connectivity index (χ1) is 10.2. The standard InChI is InChI=1S/C16H13NO3S.K.H/c18-21(19)20-15-11-5-7-12-6-4-10-14(16(12)15)17-13-8-2-1-3-9-13;;/h1-11,17H,(H,18,19);;/q;+1;-1/p-1. The largest absolute Gasteiger partial charge is 1.00 e. The quantitative estimate of drug-likeness (QED) is 0.566. The Morgan fingerprint density at radius 1 is 0.955 bits per heavy atom. The molecule has 0 bridgehead atoms. The Balaban J connectivity index is 0.00000132. The predicted octanol–water partition coefficient (Wildman–Crippen LogP) is 0.873. The molecule has 0 aliphatic carbocycles. The number of benzene rings is 3. The van der Waals surface area contributed by atoms with E-state index in [2.05, 4.69) is 5.32 Å². The van der Waals surface area contributed by atoms with Crippen LogP contribution in [-0.4, -0.2) is 8.76 Å². The molecule has 0 radical (unpaired) electrons. The minimum atomic E-state index is -2.61. The van der Waals surface area contributed by atoms with Crippen LogP contribution in [0.25, 0.3) is 10.8 Å². The molecule has 1 unspecified atom stereocenters. The van der Waals surface area contributed by atoms with Crippen molar-refractivity contribution in [3.05, 3.63) is 66.7 Å². The van der Waals surface area contributed by atoms with Crippen LogP contribution in [0.1, 0.15) is 1.43 Å². The molecule has 22 heavy (non-hydrogen) atoms. The van der Waals surface area contributed by atoms with Crippen LogP contribution < -0.4 is 60.9 Å². The van der Waals surface area contributed by atoms with Crippen molar-refractivity contribution in [2.24, 2.45) is 0 Å². The molecule has 0 amide bonds. The topological polar surface area (TPSA) is 61.4 Å². The van der Waals surface area contributed by atoms with Gasteiger partial charge in [-0.1, -0.05) is 42.5 Å². The third-order valence-corrected chi connectivity index (χ3v) is 3.39. The first kappa shape index (κ1) is 17.6. The van der Waals surface area contributed by atoms with E-state index in [0.717, 1.165) is 22.1 Å². The summed E-state index contributed by atoms with van der Waals surface area (Å²) in [7, 11) is 0. The summed E-state index contributed by atoms with van der Waals surface area (Å²) in [4.78, 5) is 0. The molecule has 0 saturated carbocycles. The van der Waals surface area contributed by atoms with Crippen molar-refractivity contribution < 1.29 is 65.8 Å². The number of fused-ring (bicyclic) bond motifs is 1. The van der Waals surface area contributed by atoms with E-state index in [0.29, 0.717) is 5.75 Å². The molecule has 0 fully saturated rings. The van der Waals surface area contributed by atoms with Crippen LogP contribution in [0.4, 0.5) is 11.4 Å². The van der Waals surface area contributed by atoms with Crippen LogP contribution in [0.5, 0.6) is 5.75 Å². The third-order valence-electron chi connectivity index (χ3n) is 3.08. The number of para-hydroxylation sites is 1. The summed E-state index contributed by atoms with van der Waals surface area (Å²) in [5.41, 5.74) is 1.71. The average Bonchev–Trinajstić information content (AvgIpc) is 2.48. The van der Waals surface area contributed by atoms with Crippen LogP contribution in [-0.2, 0) is 11.4 Å². The second kappa shape index (κ2) is 8.21. The molecule has 1 N–H and O–H groups in total. The molecular formula is C16H13KNO3S-. The summed E-state index contributed by atoms with van der Waals surface area (Å²) in [6.45, 7) is 0. The Morgan fingerprint density at radius 3 is 2.32 bits per heavy atom. The molecular weight excluding hydrogens is 325 g/mol. The van der Waals surface area contributed by atoms with Gasteiger partial charge in [0.25, 0.3) is 0 Å². The Hall–Kier alpha value is -0.734. The molecule has 4 nitrogen and oxygen atoms in total. The summed E-state index contributed by atoms with van der Waals surface area (Å²) < 4.78 is 26.6. The Kier molecular flexibility index (Phi) is 6.58. The first-order valence-electron chi connectivity index (χ1n) is 6.35. The van der Waals surface area contributed by atoms with Crippen LogP contribution in [0.15, 0.2) is 66.7 Å².